The second-order valence-corrected chi connectivity index (χ2v) is 4.41. The van der Waals surface area contributed by atoms with E-state index in [1.54, 1.807) is 6.07 Å². The van der Waals surface area contributed by atoms with E-state index in [-0.39, 0.29) is 5.82 Å². The summed E-state index contributed by atoms with van der Waals surface area (Å²) in [6.07, 6.45) is 0.688. The lowest BCUT2D eigenvalue weighted by Gasteiger charge is -1.97. The van der Waals surface area contributed by atoms with Crippen molar-refractivity contribution in [3.05, 3.63) is 41.5 Å². The molecule has 0 radical (unpaired) electrons. The third-order valence-electron chi connectivity index (χ3n) is 2.09. The monoisotopic (exact) mass is 254 g/mol. The highest BCUT2D eigenvalue weighted by molar-refractivity contribution is 7.98. The van der Waals surface area contributed by atoms with Gasteiger partial charge in [0.1, 0.15) is 5.82 Å². The van der Waals surface area contributed by atoms with Gasteiger partial charge in [0.15, 0.2) is 0 Å². The predicted octanol–water partition coefficient (Wildman–Crippen LogP) is 1.29. The number of hydrogen-bond donors (Lipinski definition) is 1. The van der Waals surface area contributed by atoms with Gasteiger partial charge in [-0.3, -0.25) is 0 Å². The first-order chi connectivity index (χ1) is 8.28. The lowest BCUT2D eigenvalue weighted by Crippen LogP contribution is -2.51. The molecule has 17 heavy (non-hydrogen) atoms. The molecule has 90 valence electrons. The van der Waals surface area contributed by atoms with E-state index >= 15 is 0 Å². The number of thioether (sulfide) groups is 1. The Balaban J connectivity index is 1.93. The van der Waals surface area contributed by atoms with Gasteiger partial charge in [-0.05, 0) is 17.7 Å². The summed E-state index contributed by atoms with van der Waals surface area (Å²) in [4.78, 5) is 0. The lowest BCUT2D eigenvalue weighted by atomic mass is 10.2. The van der Waals surface area contributed by atoms with Gasteiger partial charge in [-0.1, -0.05) is 23.9 Å². The Labute approximate surface area is 102 Å². The highest BCUT2D eigenvalue weighted by atomic mass is 32.2. The van der Waals surface area contributed by atoms with Crippen LogP contribution in [0.25, 0.3) is 0 Å². The summed E-state index contributed by atoms with van der Waals surface area (Å²) >= 11 is 1.40. The molecule has 0 atom stereocenters. The van der Waals surface area contributed by atoms with Gasteiger partial charge in [-0.2, -0.15) is 0 Å². The number of halogens is 1. The molecule has 0 bridgehead atoms. The van der Waals surface area contributed by atoms with Crippen LogP contribution >= 0.6 is 11.8 Å². The van der Waals surface area contributed by atoms with Gasteiger partial charge in [-0.15, -0.1) is 10.2 Å². The van der Waals surface area contributed by atoms with Crippen LogP contribution < -0.4 is 5.73 Å². The average Bonchev–Trinajstić information content (AvgIpc) is 2.75. The molecule has 0 fully saturated rings. The highest BCUT2D eigenvalue weighted by Crippen LogP contribution is 2.21. The molecule has 0 aliphatic heterocycles. The van der Waals surface area contributed by atoms with Crippen LogP contribution in [0.15, 0.2) is 33.9 Å². The fourth-order valence-electron chi connectivity index (χ4n) is 1.32. The molecular formula is C11H13FN3OS+. The quantitative estimate of drug-likeness (QED) is 0.816. The Kier molecular flexibility index (Phi) is 4.11. The molecule has 0 aliphatic carbocycles. The summed E-state index contributed by atoms with van der Waals surface area (Å²) in [5, 5.41) is 8.29. The van der Waals surface area contributed by atoms with Gasteiger partial charge in [-0.25, -0.2) is 4.39 Å². The Bertz CT molecular complexity index is 489. The lowest BCUT2D eigenvalue weighted by molar-refractivity contribution is -0.367. The molecule has 0 amide bonds. The van der Waals surface area contributed by atoms with Crippen molar-refractivity contribution in [3.8, 4) is 0 Å². The molecule has 1 aromatic carbocycles. The number of hydrogen-bond acceptors (Lipinski definition) is 4. The van der Waals surface area contributed by atoms with Gasteiger partial charge >= 0.3 is 0 Å². The summed E-state index contributed by atoms with van der Waals surface area (Å²) in [6, 6.07) is 6.48. The van der Waals surface area contributed by atoms with Crippen LogP contribution in [0.1, 0.15) is 11.5 Å². The molecule has 2 aromatic rings. The van der Waals surface area contributed by atoms with Crippen molar-refractivity contribution in [3.63, 3.8) is 0 Å². The van der Waals surface area contributed by atoms with Gasteiger partial charge in [0.05, 0.1) is 13.0 Å². The van der Waals surface area contributed by atoms with Crippen LogP contribution in [-0.2, 0) is 12.2 Å². The van der Waals surface area contributed by atoms with Crippen molar-refractivity contribution in [2.45, 2.75) is 17.4 Å². The topological polar surface area (TPSA) is 66.6 Å². The number of rotatable bonds is 5. The molecule has 3 N–H and O–H groups in total. The molecule has 1 heterocycles. The SMILES string of the molecule is [NH3+]CCc1nnc(SCc2cccc(F)c2)o1. The molecule has 1 aromatic heterocycles. The minimum Gasteiger partial charge on any atom is -0.416 e. The fourth-order valence-corrected chi connectivity index (χ4v) is 2.04. The molecule has 6 heteroatoms. The van der Waals surface area contributed by atoms with Crippen LogP contribution in [0.3, 0.4) is 0 Å². The fraction of sp³-hybridized carbons (Fsp3) is 0.273. The summed E-state index contributed by atoms with van der Waals surface area (Å²) < 4.78 is 18.3. The maximum Gasteiger partial charge on any atom is 0.276 e. The van der Waals surface area contributed by atoms with Gasteiger partial charge in [0.25, 0.3) is 5.22 Å². The Hall–Kier alpha value is -1.40. The van der Waals surface area contributed by atoms with E-state index in [4.69, 9.17) is 4.42 Å². The molecule has 0 aliphatic rings. The number of nitrogens with zero attached hydrogens (tertiary/aromatic N) is 2. The molecule has 0 saturated heterocycles. The summed E-state index contributed by atoms with van der Waals surface area (Å²) in [5.41, 5.74) is 4.61. The van der Waals surface area contributed by atoms with Crippen LogP contribution in [0.4, 0.5) is 4.39 Å². The van der Waals surface area contributed by atoms with E-state index in [0.717, 1.165) is 12.1 Å². The zero-order valence-corrected chi connectivity index (χ0v) is 10.0. The molecule has 4 nitrogen and oxygen atoms in total. The summed E-state index contributed by atoms with van der Waals surface area (Å²) in [6.45, 7) is 0.732. The number of aromatic nitrogens is 2. The summed E-state index contributed by atoms with van der Waals surface area (Å²) in [7, 11) is 0. The maximum absolute atomic E-state index is 12.9. The zero-order chi connectivity index (χ0) is 12.1. The van der Waals surface area contributed by atoms with Crippen molar-refractivity contribution in [1.82, 2.24) is 10.2 Å². The van der Waals surface area contributed by atoms with E-state index in [1.165, 1.54) is 23.9 Å². The van der Waals surface area contributed by atoms with Crippen molar-refractivity contribution in [2.24, 2.45) is 0 Å². The molecule has 0 unspecified atom stereocenters. The van der Waals surface area contributed by atoms with Crippen molar-refractivity contribution in [1.29, 1.82) is 0 Å². The first-order valence-corrected chi connectivity index (χ1v) is 6.25. The minimum absolute atomic E-state index is 0.230. The normalized spacial score (nSPS) is 10.7. The van der Waals surface area contributed by atoms with E-state index in [0.29, 0.717) is 23.3 Å². The third kappa shape index (κ3) is 3.54. The smallest absolute Gasteiger partial charge is 0.276 e. The predicted molar refractivity (Wildman–Crippen MR) is 61.7 cm³/mol. The van der Waals surface area contributed by atoms with Crippen molar-refractivity contribution >= 4 is 11.8 Å². The first-order valence-electron chi connectivity index (χ1n) is 5.27. The van der Waals surface area contributed by atoms with Gasteiger partial charge < -0.3 is 10.2 Å². The molecular weight excluding hydrogens is 241 g/mol. The minimum atomic E-state index is -0.230. The van der Waals surface area contributed by atoms with Crippen molar-refractivity contribution in [2.75, 3.05) is 6.54 Å². The second kappa shape index (κ2) is 5.79. The Morgan fingerprint density at radius 1 is 1.35 bits per heavy atom. The highest BCUT2D eigenvalue weighted by Gasteiger charge is 2.06. The average molecular weight is 254 g/mol. The van der Waals surface area contributed by atoms with Crippen LogP contribution in [-0.4, -0.2) is 16.7 Å². The maximum atomic E-state index is 12.9. The first kappa shape index (κ1) is 12.1. The molecule has 2 rings (SSSR count). The molecule has 0 saturated carbocycles. The largest absolute Gasteiger partial charge is 0.416 e. The van der Waals surface area contributed by atoms with Crippen LogP contribution in [0.5, 0.6) is 0 Å². The van der Waals surface area contributed by atoms with E-state index in [1.807, 2.05) is 6.07 Å². The van der Waals surface area contributed by atoms with E-state index in [9.17, 15) is 4.39 Å². The third-order valence-corrected chi connectivity index (χ3v) is 2.98. The van der Waals surface area contributed by atoms with Gasteiger partial charge in [0, 0.05) is 5.75 Å². The zero-order valence-electron chi connectivity index (χ0n) is 9.23. The van der Waals surface area contributed by atoms with E-state index in [2.05, 4.69) is 15.9 Å². The standard InChI is InChI=1S/C11H12FN3OS/c12-9-3-1-2-8(6-9)7-17-11-15-14-10(16-11)4-5-13/h1-3,6H,4-5,7,13H2/p+1. The second-order valence-electron chi connectivity index (χ2n) is 3.48. The molecule has 0 spiro atoms. The van der Waals surface area contributed by atoms with E-state index < -0.39 is 0 Å². The van der Waals surface area contributed by atoms with Crippen molar-refractivity contribution < 1.29 is 14.5 Å². The Morgan fingerprint density at radius 3 is 3.00 bits per heavy atom. The Morgan fingerprint density at radius 2 is 2.24 bits per heavy atom. The van der Waals surface area contributed by atoms with Crippen LogP contribution in [0.2, 0.25) is 0 Å². The number of benzene rings is 1. The summed E-state index contributed by atoms with van der Waals surface area (Å²) in [5.74, 6) is 0.983. The number of quaternary nitrogens is 1. The van der Waals surface area contributed by atoms with Crippen LogP contribution in [0, 0.1) is 5.82 Å². The van der Waals surface area contributed by atoms with Gasteiger partial charge in [0.2, 0.25) is 5.89 Å².